The van der Waals surface area contributed by atoms with Crippen molar-refractivity contribution in [2.45, 2.75) is 18.0 Å². The van der Waals surface area contributed by atoms with Crippen LogP contribution in [-0.4, -0.2) is 23.4 Å². The van der Waals surface area contributed by atoms with Gasteiger partial charge in [-0.1, -0.05) is 54.6 Å². The predicted molar refractivity (Wildman–Crippen MR) is 145 cm³/mol. The second-order valence-electron chi connectivity index (χ2n) is 8.70. The quantitative estimate of drug-likeness (QED) is 0.167. The molecule has 0 aliphatic rings. The fourth-order valence-electron chi connectivity index (χ4n) is 3.96. The minimum Gasteiger partial charge on any atom is -0.482 e. The Morgan fingerprint density at radius 3 is 1.97 bits per heavy atom. The fraction of sp³-hybridized carbons (Fsp3) is 0.129. The standard InChI is InChI=1S/C31H24F4O3S/c1-20-18-27(14-15-29(20)38-19-30(36)37)39-17-16-28(24-8-12-26(32)13-9-24)23-4-2-21(3-5-23)22-6-10-25(11-7-22)31(33,34)35/h2-16,18H,17,19H2,1H3,(H,36,37)/b28-16+. The topological polar surface area (TPSA) is 46.5 Å². The third-order valence-electron chi connectivity index (χ3n) is 5.93. The van der Waals surface area contributed by atoms with Crippen LogP contribution in [0, 0.1) is 12.7 Å². The van der Waals surface area contributed by atoms with Gasteiger partial charge in [0, 0.05) is 10.6 Å². The van der Waals surface area contributed by atoms with E-state index in [1.54, 1.807) is 30.0 Å². The first-order valence-electron chi connectivity index (χ1n) is 11.9. The number of aliphatic carboxylic acids is 1. The Labute approximate surface area is 227 Å². The summed E-state index contributed by atoms with van der Waals surface area (Å²) in [6.07, 6.45) is -2.35. The summed E-state index contributed by atoms with van der Waals surface area (Å²) in [6, 6.07) is 24.2. The van der Waals surface area contributed by atoms with Gasteiger partial charge in [0.05, 0.1) is 5.56 Å². The molecule has 4 rings (SSSR count). The van der Waals surface area contributed by atoms with Crippen molar-refractivity contribution < 1.29 is 32.2 Å². The van der Waals surface area contributed by atoms with Gasteiger partial charge in [0.1, 0.15) is 11.6 Å². The van der Waals surface area contributed by atoms with Crippen molar-refractivity contribution in [3.8, 4) is 16.9 Å². The van der Waals surface area contributed by atoms with E-state index in [0.717, 1.165) is 44.9 Å². The minimum absolute atomic E-state index is 0.342. The Morgan fingerprint density at radius 1 is 0.872 bits per heavy atom. The second-order valence-corrected chi connectivity index (χ2v) is 9.79. The zero-order valence-corrected chi connectivity index (χ0v) is 21.7. The summed E-state index contributed by atoms with van der Waals surface area (Å²) >= 11 is 1.58. The molecule has 0 bridgehead atoms. The van der Waals surface area contributed by atoms with Crippen LogP contribution in [0.1, 0.15) is 22.3 Å². The first kappa shape index (κ1) is 28.0. The predicted octanol–water partition coefficient (Wildman–Crippen LogP) is 8.51. The Kier molecular flexibility index (Phi) is 8.76. The highest BCUT2D eigenvalue weighted by Crippen LogP contribution is 2.33. The van der Waals surface area contributed by atoms with Gasteiger partial charge in [0.2, 0.25) is 0 Å². The maximum Gasteiger partial charge on any atom is 0.416 e. The van der Waals surface area contributed by atoms with Gasteiger partial charge in [-0.2, -0.15) is 13.2 Å². The van der Waals surface area contributed by atoms with Crippen LogP contribution in [0.25, 0.3) is 16.7 Å². The van der Waals surface area contributed by atoms with Crippen molar-refractivity contribution >= 4 is 23.3 Å². The lowest BCUT2D eigenvalue weighted by atomic mass is 9.95. The molecule has 4 aromatic rings. The average Bonchev–Trinajstić information content (AvgIpc) is 2.91. The number of hydrogen-bond donors (Lipinski definition) is 1. The third kappa shape index (κ3) is 7.51. The van der Waals surface area contributed by atoms with Gasteiger partial charge in [-0.05, 0) is 82.8 Å². The first-order chi connectivity index (χ1) is 18.6. The van der Waals surface area contributed by atoms with E-state index in [0.29, 0.717) is 17.1 Å². The Balaban J connectivity index is 1.54. The lowest BCUT2D eigenvalue weighted by molar-refractivity contribution is -0.139. The first-order valence-corrected chi connectivity index (χ1v) is 12.9. The maximum atomic E-state index is 13.6. The largest absolute Gasteiger partial charge is 0.482 e. The minimum atomic E-state index is -4.38. The Hall–Kier alpha value is -4.04. The second kappa shape index (κ2) is 12.2. The molecule has 0 fully saturated rings. The van der Waals surface area contributed by atoms with Gasteiger partial charge in [-0.3, -0.25) is 0 Å². The van der Waals surface area contributed by atoms with Crippen LogP contribution < -0.4 is 4.74 Å². The van der Waals surface area contributed by atoms with Gasteiger partial charge >= 0.3 is 12.1 Å². The number of thioether (sulfide) groups is 1. The number of alkyl halides is 3. The molecule has 0 saturated carbocycles. The molecule has 4 aromatic carbocycles. The van der Waals surface area contributed by atoms with Crippen molar-refractivity contribution in [1.29, 1.82) is 0 Å². The monoisotopic (exact) mass is 552 g/mol. The molecule has 1 N–H and O–H groups in total. The van der Waals surface area contributed by atoms with Crippen molar-refractivity contribution in [3.63, 3.8) is 0 Å². The molecule has 0 atom stereocenters. The summed E-state index contributed by atoms with van der Waals surface area (Å²) in [5, 5.41) is 8.81. The lowest BCUT2D eigenvalue weighted by Crippen LogP contribution is -2.09. The molecular formula is C31H24F4O3S. The SMILES string of the molecule is Cc1cc(SC/C=C(/c2ccc(F)cc2)c2ccc(-c3ccc(C(F)(F)F)cc3)cc2)ccc1OCC(=O)O. The maximum absolute atomic E-state index is 13.6. The molecule has 0 aromatic heterocycles. The van der Waals surface area contributed by atoms with Crippen LogP contribution >= 0.6 is 11.8 Å². The molecule has 0 radical (unpaired) electrons. The number of carbonyl (C=O) groups is 1. The summed E-state index contributed by atoms with van der Waals surface area (Å²) in [6.45, 7) is 1.44. The highest BCUT2D eigenvalue weighted by atomic mass is 32.2. The summed E-state index contributed by atoms with van der Waals surface area (Å²) < 4.78 is 57.6. The number of carboxylic acids is 1. The lowest BCUT2D eigenvalue weighted by Gasteiger charge is -2.12. The van der Waals surface area contributed by atoms with Gasteiger partial charge in [0.15, 0.2) is 6.61 Å². The van der Waals surface area contributed by atoms with Crippen LogP contribution in [-0.2, 0) is 11.0 Å². The number of aryl methyl sites for hydroxylation is 1. The number of rotatable bonds is 9. The highest BCUT2D eigenvalue weighted by Gasteiger charge is 2.29. The molecule has 0 saturated heterocycles. The van der Waals surface area contributed by atoms with E-state index < -0.39 is 24.3 Å². The number of benzene rings is 4. The van der Waals surface area contributed by atoms with E-state index in [4.69, 9.17) is 9.84 Å². The molecule has 39 heavy (non-hydrogen) atoms. The highest BCUT2D eigenvalue weighted by molar-refractivity contribution is 7.99. The zero-order chi connectivity index (χ0) is 28.0. The van der Waals surface area contributed by atoms with Crippen molar-refractivity contribution in [3.05, 3.63) is 125 Å². The number of halogens is 4. The molecule has 0 aliphatic carbocycles. The summed E-state index contributed by atoms with van der Waals surface area (Å²) in [5.74, 6) is -0.274. The average molecular weight is 553 g/mol. The molecule has 0 amide bonds. The van der Waals surface area contributed by atoms with Crippen LogP contribution in [0.3, 0.4) is 0 Å². The van der Waals surface area contributed by atoms with E-state index in [9.17, 15) is 22.4 Å². The van der Waals surface area contributed by atoms with E-state index in [1.165, 1.54) is 24.3 Å². The molecule has 0 spiro atoms. The molecule has 0 heterocycles. The molecule has 200 valence electrons. The van der Waals surface area contributed by atoms with Gasteiger partial charge in [-0.15, -0.1) is 11.8 Å². The summed E-state index contributed by atoms with van der Waals surface area (Å²) in [4.78, 5) is 11.7. The molecule has 0 aliphatic heterocycles. The van der Waals surface area contributed by atoms with Gasteiger partial charge in [0.25, 0.3) is 0 Å². The van der Waals surface area contributed by atoms with E-state index in [1.807, 2.05) is 49.4 Å². The van der Waals surface area contributed by atoms with Gasteiger partial charge < -0.3 is 9.84 Å². The summed E-state index contributed by atoms with van der Waals surface area (Å²) in [7, 11) is 0. The zero-order valence-electron chi connectivity index (χ0n) is 20.8. The van der Waals surface area contributed by atoms with Crippen molar-refractivity contribution in [1.82, 2.24) is 0 Å². The van der Waals surface area contributed by atoms with Crippen LogP contribution in [0.2, 0.25) is 0 Å². The number of carboxylic acid groups (broad SMARTS) is 1. The summed E-state index contributed by atoms with van der Waals surface area (Å²) in [5.41, 5.74) is 4.17. The number of hydrogen-bond acceptors (Lipinski definition) is 3. The molecule has 8 heteroatoms. The van der Waals surface area contributed by atoms with E-state index in [-0.39, 0.29) is 5.82 Å². The Morgan fingerprint density at radius 2 is 1.44 bits per heavy atom. The van der Waals surface area contributed by atoms with Gasteiger partial charge in [-0.25, -0.2) is 9.18 Å². The molecular weight excluding hydrogens is 528 g/mol. The van der Waals surface area contributed by atoms with Crippen LogP contribution in [0.15, 0.2) is 102 Å². The number of ether oxygens (including phenoxy) is 1. The van der Waals surface area contributed by atoms with E-state index >= 15 is 0 Å². The smallest absolute Gasteiger partial charge is 0.416 e. The normalized spacial score (nSPS) is 11.9. The van der Waals surface area contributed by atoms with Crippen molar-refractivity contribution in [2.75, 3.05) is 12.4 Å². The molecule has 3 nitrogen and oxygen atoms in total. The van der Waals surface area contributed by atoms with Crippen molar-refractivity contribution in [2.24, 2.45) is 0 Å². The van der Waals surface area contributed by atoms with E-state index in [2.05, 4.69) is 0 Å². The van der Waals surface area contributed by atoms with Crippen LogP contribution in [0.5, 0.6) is 5.75 Å². The molecule has 0 unspecified atom stereocenters. The fourth-order valence-corrected chi connectivity index (χ4v) is 4.83. The van der Waals surface area contributed by atoms with Crippen LogP contribution in [0.4, 0.5) is 17.6 Å². The Bertz CT molecular complexity index is 1460. The third-order valence-corrected chi connectivity index (χ3v) is 6.85.